The van der Waals surface area contributed by atoms with Gasteiger partial charge in [0.2, 0.25) is 0 Å². The summed E-state index contributed by atoms with van der Waals surface area (Å²) in [6.07, 6.45) is 0.711. The van der Waals surface area contributed by atoms with Gasteiger partial charge in [0.05, 0.1) is 25.4 Å². The van der Waals surface area contributed by atoms with Crippen LogP contribution < -0.4 is 0 Å². The molecule has 1 unspecified atom stereocenters. The van der Waals surface area contributed by atoms with Crippen molar-refractivity contribution in [1.29, 1.82) is 0 Å². The highest BCUT2D eigenvalue weighted by atomic mass is 35.5. The Balaban J connectivity index is 1.68. The fraction of sp³-hybridized carbons (Fsp3) is 0.524. The van der Waals surface area contributed by atoms with Crippen molar-refractivity contribution in [2.45, 2.75) is 58.9 Å². The fourth-order valence-corrected chi connectivity index (χ4v) is 3.63. The Morgan fingerprint density at radius 2 is 2.14 bits per heavy atom. The molecule has 28 heavy (non-hydrogen) atoms. The molecule has 0 bridgehead atoms. The van der Waals surface area contributed by atoms with E-state index in [0.29, 0.717) is 13.1 Å². The highest BCUT2D eigenvalue weighted by molar-refractivity contribution is 6.31. The molecule has 7 heteroatoms. The molecule has 1 aromatic heterocycles. The van der Waals surface area contributed by atoms with Crippen LogP contribution in [0.4, 0.5) is 4.79 Å². The maximum atomic E-state index is 12.6. The van der Waals surface area contributed by atoms with Crippen LogP contribution >= 0.6 is 11.6 Å². The number of hydrogen-bond donors (Lipinski definition) is 0. The van der Waals surface area contributed by atoms with Gasteiger partial charge >= 0.3 is 6.09 Å². The first-order valence-electron chi connectivity index (χ1n) is 9.66. The van der Waals surface area contributed by atoms with Crippen molar-refractivity contribution >= 4 is 17.7 Å². The van der Waals surface area contributed by atoms with Gasteiger partial charge in [-0.3, -0.25) is 4.68 Å². The van der Waals surface area contributed by atoms with Gasteiger partial charge in [-0.05, 0) is 45.4 Å². The van der Waals surface area contributed by atoms with Crippen LogP contribution in [0.15, 0.2) is 18.2 Å². The summed E-state index contributed by atoms with van der Waals surface area (Å²) >= 11 is 6.21. The molecule has 1 amide bonds. The molecule has 2 aliphatic rings. The number of benzene rings is 1. The van der Waals surface area contributed by atoms with Crippen LogP contribution in [0.25, 0.3) is 11.3 Å². The number of fused-ring (bicyclic) bond motifs is 1. The van der Waals surface area contributed by atoms with Crippen LogP contribution in [0, 0.1) is 6.92 Å². The average Bonchev–Trinajstić information content (AvgIpc) is 3.36. The SMILES string of the molecule is Cc1cc(-c2nn(CC3CO3)c3c2CN(C(=O)OC(C)(C)C)CC3)ccc1Cl. The highest BCUT2D eigenvalue weighted by Gasteiger charge is 2.32. The van der Waals surface area contributed by atoms with Gasteiger partial charge in [-0.15, -0.1) is 0 Å². The topological polar surface area (TPSA) is 59.9 Å². The predicted octanol–water partition coefficient (Wildman–Crippen LogP) is 4.20. The molecule has 2 aromatic rings. The molecule has 0 aliphatic carbocycles. The number of hydrogen-bond acceptors (Lipinski definition) is 4. The molecule has 2 aliphatic heterocycles. The van der Waals surface area contributed by atoms with Crippen LogP contribution in [0.1, 0.15) is 37.6 Å². The second-order valence-corrected chi connectivity index (χ2v) is 8.93. The third kappa shape index (κ3) is 4.03. The van der Waals surface area contributed by atoms with Gasteiger partial charge in [-0.1, -0.05) is 17.7 Å². The van der Waals surface area contributed by atoms with Crippen LogP contribution in [0.3, 0.4) is 0 Å². The zero-order valence-electron chi connectivity index (χ0n) is 16.8. The first-order chi connectivity index (χ1) is 13.2. The lowest BCUT2D eigenvalue weighted by Gasteiger charge is -2.30. The molecule has 1 aromatic carbocycles. The van der Waals surface area contributed by atoms with Gasteiger partial charge in [0.15, 0.2) is 0 Å². The molecule has 0 N–H and O–H groups in total. The smallest absolute Gasteiger partial charge is 0.410 e. The number of ether oxygens (including phenoxy) is 2. The summed E-state index contributed by atoms with van der Waals surface area (Å²) < 4.78 is 13.0. The maximum Gasteiger partial charge on any atom is 0.410 e. The number of nitrogens with zero attached hydrogens (tertiary/aromatic N) is 3. The van der Waals surface area contributed by atoms with Crippen molar-refractivity contribution in [3.63, 3.8) is 0 Å². The molecular weight excluding hydrogens is 378 g/mol. The molecule has 0 spiro atoms. The van der Waals surface area contributed by atoms with Crippen LogP contribution in [-0.2, 0) is 29.0 Å². The summed E-state index contributed by atoms with van der Waals surface area (Å²) in [5.74, 6) is 0. The zero-order valence-corrected chi connectivity index (χ0v) is 17.5. The fourth-order valence-electron chi connectivity index (χ4n) is 3.51. The van der Waals surface area contributed by atoms with Crippen molar-refractivity contribution in [2.75, 3.05) is 13.2 Å². The quantitative estimate of drug-likeness (QED) is 0.720. The van der Waals surface area contributed by atoms with E-state index < -0.39 is 5.60 Å². The molecule has 6 nitrogen and oxygen atoms in total. The third-order valence-electron chi connectivity index (χ3n) is 5.00. The molecule has 0 radical (unpaired) electrons. The lowest BCUT2D eigenvalue weighted by molar-refractivity contribution is 0.0222. The van der Waals surface area contributed by atoms with E-state index in [1.165, 1.54) is 5.69 Å². The zero-order chi connectivity index (χ0) is 20.1. The number of halogens is 1. The minimum absolute atomic E-state index is 0.243. The Morgan fingerprint density at radius 3 is 2.79 bits per heavy atom. The van der Waals surface area contributed by atoms with Crippen LogP contribution in [0.2, 0.25) is 5.02 Å². The number of amides is 1. The Labute approximate surface area is 170 Å². The van der Waals surface area contributed by atoms with E-state index in [1.54, 1.807) is 4.90 Å². The summed E-state index contributed by atoms with van der Waals surface area (Å²) in [5.41, 5.74) is 4.68. The van der Waals surface area contributed by atoms with E-state index in [1.807, 2.05) is 39.8 Å². The maximum absolute atomic E-state index is 12.6. The first kappa shape index (κ1) is 19.3. The number of aromatic nitrogens is 2. The summed E-state index contributed by atoms with van der Waals surface area (Å²) in [4.78, 5) is 14.4. The minimum atomic E-state index is -0.513. The van der Waals surface area contributed by atoms with E-state index in [-0.39, 0.29) is 12.2 Å². The molecule has 1 saturated heterocycles. The number of carbonyl (C=O) groups is 1. The summed E-state index contributed by atoms with van der Waals surface area (Å²) in [6, 6.07) is 5.94. The first-order valence-corrected chi connectivity index (χ1v) is 10.0. The average molecular weight is 404 g/mol. The van der Waals surface area contributed by atoms with Crippen molar-refractivity contribution in [3.8, 4) is 11.3 Å². The van der Waals surface area contributed by atoms with Gasteiger partial charge in [0, 0.05) is 34.8 Å². The standard InChI is InChI=1S/C21H26ClN3O3/c1-13-9-14(5-6-17(13)22)19-16-11-24(20(26)28-21(2,3)4)8-7-18(16)25(23-19)10-15-12-27-15/h5-6,9,15H,7-8,10-12H2,1-4H3. The Kier molecular flexibility index (Phi) is 4.88. The minimum Gasteiger partial charge on any atom is -0.444 e. The Morgan fingerprint density at radius 1 is 1.39 bits per heavy atom. The lowest BCUT2D eigenvalue weighted by atomic mass is 10.00. The highest BCUT2D eigenvalue weighted by Crippen LogP contribution is 2.33. The van der Waals surface area contributed by atoms with Crippen molar-refractivity contribution < 1.29 is 14.3 Å². The van der Waals surface area contributed by atoms with Gasteiger partial charge in [-0.25, -0.2) is 4.79 Å². The monoisotopic (exact) mass is 403 g/mol. The van der Waals surface area contributed by atoms with E-state index in [9.17, 15) is 4.79 Å². The lowest BCUT2D eigenvalue weighted by Crippen LogP contribution is -2.40. The molecule has 150 valence electrons. The number of epoxide rings is 1. The van der Waals surface area contributed by atoms with Crippen molar-refractivity contribution in [2.24, 2.45) is 0 Å². The summed E-state index contributed by atoms with van der Waals surface area (Å²) in [7, 11) is 0. The Hall–Kier alpha value is -2.05. The molecule has 3 heterocycles. The van der Waals surface area contributed by atoms with Crippen LogP contribution in [0.5, 0.6) is 0 Å². The normalized spacial score (nSPS) is 18.8. The second kappa shape index (κ2) is 7.08. The molecule has 1 atom stereocenters. The van der Waals surface area contributed by atoms with E-state index in [4.69, 9.17) is 26.2 Å². The molecular formula is C21H26ClN3O3. The third-order valence-corrected chi connectivity index (χ3v) is 5.42. The van der Waals surface area contributed by atoms with Crippen LogP contribution in [-0.4, -0.2) is 45.6 Å². The number of aryl methyl sites for hydroxylation is 1. The molecule has 0 saturated carbocycles. The number of rotatable bonds is 3. The van der Waals surface area contributed by atoms with E-state index in [0.717, 1.165) is 47.0 Å². The van der Waals surface area contributed by atoms with E-state index in [2.05, 4.69) is 10.7 Å². The summed E-state index contributed by atoms with van der Waals surface area (Å²) in [5, 5.41) is 5.63. The number of carbonyl (C=O) groups excluding carboxylic acids is 1. The van der Waals surface area contributed by atoms with Crippen molar-refractivity contribution in [1.82, 2.24) is 14.7 Å². The molecule has 4 rings (SSSR count). The van der Waals surface area contributed by atoms with Gasteiger partial charge in [-0.2, -0.15) is 5.10 Å². The van der Waals surface area contributed by atoms with E-state index >= 15 is 0 Å². The van der Waals surface area contributed by atoms with Gasteiger partial charge in [0.25, 0.3) is 0 Å². The predicted molar refractivity (Wildman–Crippen MR) is 107 cm³/mol. The van der Waals surface area contributed by atoms with Gasteiger partial charge in [0.1, 0.15) is 11.7 Å². The summed E-state index contributed by atoms with van der Waals surface area (Å²) in [6.45, 7) is 10.3. The van der Waals surface area contributed by atoms with Crippen molar-refractivity contribution in [3.05, 3.63) is 40.0 Å². The second-order valence-electron chi connectivity index (χ2n) is 8.53. The Bertz CT molecular complexity index is 912. The van der Waals surface area contributed by atoms with Gasteiger partial charge < -0.3 is 14.4 Å². The molecule has 1 fully saturated rings. The largest absolute Gasteiger partial charge is 0.444 e.